The number of nitrogens with one attached hydrogen (secondary N) is 1. The molecule has 3 aromatic carbocycles. The van der Waals surface area contributed by atoms with Crippen molar-refractivity contribution >= 4 is 27.5 Å². The van der Waals surface area contributed by atoms with E-state index >= 15 is 0 Å². The van der Waals surface area contributed by atoms with Gasteiger partial charge in [-0.15, -0.1) is 0 Å². The van der Waals surface area contributed by atoms with Crippen molar-refractivity contribution in [3.63, 3.8) is 0 Å². The van der Waals surface area contributed by atoms with Crippen molar-refractivity contribution < 1.29 is 27.5 Å². The van der Waals surface area contributed by atoms with Crippen molar-refractivity contribution in [1.82, 2.24) is 10.2 Å². The zero-order valence-electron chi connectivity index (χ0n) is 26.1. The van der Waals surface area contributed by atoms with E-state index in [1.807, 2.05) is 71.0 Å². The van der Waals surface area contributed by atoms with Gasteiger partial charge in [0, 0.05) is 19.2 Å². The van der Waals surface area contributed by atoms with Crippen LogP contribution in [0.2, 0.25) is 0 Å². The number of anilines is 1. The third-order valence-corrected chi connectivity index (χ3v) is 8.75. The summed E-state index contributed by atoms with van der Waals surface area (Å²) in [5.74, 6) is 0.0720. The number of aryl methyl sites for hydroxylation is 2. The first-order valence-corrected chi connectivity index (χ1v) is 15.8. The SMILES string of the molecule is CC[C@@H](C(=O)NCC(C)C)N(Cc1ccccc1)C(=O)CN(c1cc(C)cc(C)c1)S(=O)(=O)c1ccc(OC)c(OC)c1. The summed E-state index contributed by atoms with van der Waals surface area (Å²) in [7, 11) is -1.38. The van der Waals surface area contributed by atoms with Crippen molar-refractivity contribution in [2.45, 2.75) is 58.5 Å². The number of hydrogen-bond donors (Lipinski definition) is 1. The highest BCUT2D eigenvalue weighted by atomic mass is 32.2. The molecule has 0 bridgehead atoms. The van der Waals surface area contributed by atoms with E-state index in [4.69, 9.17) is 9.47 Å². The van der Waals surface area contributed by atoms with Gasteiger partial charge in [0.1, 0.15) is 12.6 Å². The Labute approximate surface area is 255 Å². The van der Waals surface area contributed by atoms with Crippen LogP contribution in [0.15, 0.2) is 71.6 Å². The largest absolute Gasteiger partial charge is 0.493 e. The predicted octanol–water partition coefficient (Wildman–Crippen LogP) is 5.10. The summed E-state index contributed by atoms with van der Waals surface area (Å²) in [6, 6.07) is 18.3. The molecular weight excluding hydrogens is 566 g/mol. The van der Waals surface area contributed by atoms with Gasteiger partial charge in [-0.1, -0.05) is 57.2 Å². The van der Waals surface area contributed by atoms with Crippen LogP contribution >= 0.6 is 0 Å². The Kier molecular flexibility index (Phi) is 11.6. The standard InChI is InChI=1S/C33H43N3O6S/c1-8-29(33(38)34-20-23(2)3)35(21-26-12-10-9-11-13-26)32(37)22-36(27-17-24(4)16-25(5)18-27)43(39,40)28-14-15-30(41-6)31(19-28)42-7/h9-19,23,29H,8,20-22H2,1-7H3,(H,34,38)/t29-/m0/s1. The van der Waals surface area contributed by atoms with E-state index in [0.29, 0.717) is 24.4 Å². The molecule has 0 aliphatic heterocycles. The zero-order chi connectivity index (χ0) is 31.7. The van der Waals surface area contributed by atoms with Gasteiger partial charge >= 0.3 is 0 Å². The van der Waals surface area contributed by atoms with Gasteiger partial charge in [0.15, 0.2) is 11.5 Å². The Hall–Kier alpha value is -4.05. The lowest BCUT2D eigenvalue weighted by Crippen LogP contribution is -2.52. The molecular formula is C33H43N3O6S. The van der Waals surface area contributed by atoms with Crippen LogP contribution in [0.5, 0.6) is 11.5 Å². The molecule has 0 fully saturated rings. The van der Waals surface area contributed by atoms with Crippen molar-refractivity contribution in [1.29, 1.82) is 0 Å². The molecule has 0 spiro atoms. The summed E-state index contributed by atoms with van der Waals surface area (Å²) < 4.78 is 40.3. The number of rotatable bonds is 14. The number of nitrogens with zero attached hydrogens (tertiary/aromatic N) is 2. The van der Waals surface area contributed by atoms with E-state index in [1.165, 1.54) is 37.3 Å². The van der Waals surface area contributed by atoms with Crippen LogP contribution in [0.1, 0.15) is 43.9 Å². The lowest BCUT2D eigenvalue weighted by atomic mass is 10.1. The second-order valence-electron chi connectivity index (χ2n) is 10.9. The fraction of sp³-hybridized carbons (Fsp3) is 0.394. The quantitative estimate of drug-likeness (QED) is 0.273. The number of methoxy groups -OCH3 is 2. The van der Waals surface area contributed by atoms with Gasteiger partial charge in [0.05, 0.1) is 24.8 Å². The van der Waals surface area contributed by atoms with Gasteiger partial charge in [-0.25, -0.2) is 8.42 Å². The van der Waals surface area contributed by atoms with Gasteiger partial charge in [-0.2, -0.15) is 0 Å². The number of sulfonamides is 1. The van der Waals surface area contributed by atoms with Crippen LogP contribution in [0.3, 0.4) is 0 Å². The molecule has 9 nitrogen and oxygen atoms in total. The highest BCUT2D eigenvalue weighted by molar-refractivity contribution is 7.92. The molecule has 43 heavy (non-hydrogen) atoms. The summed E-state index contributed by atoms with van der Waals surface area (Å²) in [4.78, 5) is 29.0. The molecule has 0 saturated heterocycles. The minimum atomic E-state index is -4.27. The molecule has 0 heterocycles. The first kappa shape index (κ1) is 33.5. The molecule has 10 heteroatoms. The molecule has 232 valence electrons. The van der Waals surface area contributed by atoms with Crippen molar-refractivity contribution in [2.24, 2.45) is 5.92 Å². The minimum Gasteiger partial charge on any atom is -0.493 e. The topological polar surface area (TPSA) is 105 Å². The summed E-state index contributed by atoms with van der Waals surface area (Å²) >= 11 is 0. The molecule has 1 atom stereocenters. The Morgan fingerprint density at radius 2 is 1.51 bits per heavy atom. The fourth-order valence-electron chi connectivity index (χ4n) is 4.85. The van der Waals surface area contributed by atoms with Gasteiger partial charge in [-0.3, -0.25) is 13.9 Å². The molecule has 1 N–H and O–H groups in total. The van der Waals surface area contributed by atoms with Crippen LogP contribution in [0.25, 0.3) is 0 Å². The number of hydrogen-bond acceptors (Lipinski definition) is 6. The van der Waals surface area contributed by atoms with Crippen molar-refractivity contribution in [3.05, 3.63) is 83.4 Å². The Bertz CT molecular complexity index is 1490. The molecule has 0 aliphatic rings. The second-order valence-corrected chi connectivity index (χ2v) is 12.8. The second kappa shape index (κ2) is 14.9. The maximum Gasteiger partial charge on any atom is 0.264 e. The molecule has 0 saturated carbocycles. The van der Waals surface area contributed by atoms with Crippen molar-refractivity contribution in [2.75, 3.05) is 31.6 Å². The van der Waals surface area contributed by atoms with Gasteiger partial charge in [0.25, 0.3) is 10.0 Å². The minimum absolute atomic E-state index is 0.0616. The maximum atomic E-state index is 14.3. The van der Waals surface area contributed by atoms with Gasteiger partial charge in [-0.05, 0) is 67.1 Å². The molecule has 0 radical (unpaired) electrons. The summed E-state index contributed by atoms with van der Waals surface area (Å²) in [5.41, 5.74) is 2.86. The third kappa shape index (κ3) is 8.50. The van der Waals surface area contributed by atoms with E-state index in [0.717, 1.165) is 21.0 Å². The third-order valence-electron chi connectivity index (χ3n) is 6.98. The zero-order valence-corrected chi connectivity index (χ0v) is 26.9. The van der Waals surface area contributed by atoms with Crippen LogP contribution < -0.4 is 19.1 Å². The van der Waals surface area contributed by atoms with E-state index in [-0.39, 0.29) is 29.0 Å². The fourth-order valence-corrected chi connectivity index (χ4v) is 6.26. The number of carbonyl (C=O) groups is 2. The average molecular weight is 610 g/mol. The molecule has 0 aromatic heterocycles. The maximum absolute atomic E-state index is 14.3. The summed E-state index contributed by atoms with van der Waals surface area (Å²) in [6.07, 6.45) is 0.356. The van der Waals surface area contributed by atoms with E-state index in [1.54, 1.807) is 12.1 Å². The normalized spacial score (nSPS) is 12.0. The molecule has 0 aliphatic carbocycles. The molecule has 2 amide bonds. The average Bonchev–Trinajstić information content (AvgIpc) is 2.97. The molecule has 0 unspecified atom stereocenters. The van der Waals surface area contributed by atoms with Gasteiger partial charge < -0.3 is 19.7 Å². The first-order chi connectivity index (χ1) is 20.4. The first-order valence-electron chi connectivity index (χ1n) is 14.3. The van der Waals surface area contributed by atoms with Crippen LogP contribution in [-0.4, -0.2) is 58.5 Å². The van der Waals surface area contributed by atoms with Crippen molar-refractivity contribution in [3.8, 4) is 11.5 Å². The monoisotopic (exact) mass is 609 g/mol. The summed E-state index contributed by atoms with van der Waals surface area (Å²) in [6.45, 7) is 9.66. The van der Waals surface area contributed by atoms with E-state index in [9.17, 15) is 18.0 Å². The van der Waals surface area contributed by atoms with Gasteiger partial charge in [0.2, 0.25) is 11.8 Å². The van der Waals surface area contributed by atoms with E-state index in [2.05, 4.69) is 5.32 Å². The van der Waals surface area contributed by atoms with E-state index < -0.39 is 28.5 Å². The number of amides is 2. The van der Waals surface area contributed by atoms with Crippen LogP contribution in [-0.2, 0) is 26.2 Å². The number of carbonyl (C=O) groups excluding carboxylic acids is 2. The summed E-state index contributed by atoms with van der Waals surface area (Å²) in [5, 5.41) is 2.94. The highest BCUT2D eigenvalue weighted by Gasteiger charge is 2.34. The lowest BCUT2D eigenvalue weighted by molar-refractivity contribution is -0.140. The Morgan fingerprint density at radius 3 is 2.07 bits per heavy atom. The Morgan fingerprint density at radius 1 is 0.884 bits per heavy atom. The Balaban J connectivity index is 2.11. The highest BCUT2D eigenvalue weighted by Crippen LogP contribution is 2.33. The molecule has 3 aromatic rings. The van der Waals surface area contributed by atoms with Crippen LogP contribution in [0.4, 0.5) is 5.69 Å². The number of benzene rings is 3. The molecule has 3 rings (SSSR count). The number of ether oxygens (including phenoxy) is 2. The van der Waals surface area contributed by atoms with Crippen LogP contribution in [0, 0.1) is 19.8 Å². The lowest BCUT2D eigenvalue weighted by Gasteiger charge is -2.33. The smallest absolute Gasteiger partial charge is 0.264 e. The predicted molar refractivity (Wildman–Crippen MR) is 169 cm³/mol.